The number of aromatic nitrogens is 2. The molecule has 1 atom stereocenters. The van der Waals surface area contributed by atoms with Crippen LogP contribution in [0.5, 0.6) is 0 Å². The lowest BCUT2D eigenvalue weighted by atomic mass is 9.82. The molecular weight excluding hydrogens is 520 g/mol. The molecule has 1 fully saturated rings. The molecule has 212 valence electrons. The van der Waals surface area contributed by atoms with Crippen LogP contribution in [0.2, 0.25) is 0 Å². The Balaban J connectivity index is 1.46. The number of esters is 1. The fraction of sp³-hybridized carbons (Fsp3) is 0.312. The first-order valence-corrected chi connectivity index (χ1v) is 13.9. The van der Waals surface area contributed by atoms with Gasteiger partial charge in [0.15, 0.2) is 0 Å². The maximum atomic E-state index is 13.3. The summed E-state index contributed by atoms with van der Waals surface area (Å²) < 4.78 is 6.71. The molecule has 2 aromatic heterocycles. The Morgan fingerprint density at radius 2 is 1.73 bits per heavy atom. The molecule has 1 aliphatic carbocycles. The zero-order valence-corrected chi connectivity index (χ0v) is 23.0. The minimum atomic E-state index is -0.915. The van der Waals surface area contributed by atoms with Crippen molar-refractivity contribution < 1.29 is 24.2 Å². The van der Waals surface area contributed by atoms with Gasteiger partial charge in [-0.3, -0.25) is 14.0 Å². The Kier molecular flexibility index (Phi) is 8.62. The van der Waals surface area contributed by atoms with Crippen LogP contribution in [-0.4, -0.2) is 45.5 Å². The number of nitrogens with zero attached hydrogens (tertiary/aromatic N) is 2. The number of hydrogen-bond acceptors (Lipinski definition) is 6. The molecule has 9 heteroatoms. The van der Waals surface area contributed by atoms with E-state index in [1.807, 2.05) is 46.9 Å². The summed E-state index contributed by atoms with van der Waals surface area (Å²) in [6, 6.07) is 20.0. The highest BCUT2D eigenvalue weighted by Crippen LogP contribution is 2.31. The van der Waals surface area contributed by atoms with Crippen molar-refractivity contribution in [2.75, 3.05) is 12.4 Å². The molecule has 0 spiro atoms. The highest BCUT2D eigenvalue weighted by atomic mass is 16.5. The van der Waals surface area contributed by atoms with E-state index in [4.69, 9.17) is 9.72 Å². The molecule has 4 aromatic rings. The molecular formula is C32H34N4O5. The Hall–Kier alpha value is -4.66. The minimum absolute atomic E-state index is 0.0959. The van der Waals surface area contributed by atoms with Gasteiger partial charge >= 0.3 is 11.9 Å². The number of carboxylic acids is 1. The van der Waals surface area contributed by atoms with Gasteiger partial charge in [0.2, 0.25) is 0 Å². The molecule has 2 aromatic carbocycles. The number of ether oxygens (including phenoxy) is 1. The van der Waals surface area contributed by atoms with E-state index in [1.54, 1.807) is 30.5 Å². The van der Waals surface area contributed by atoms with Crippen molar-refractivity contribution >= 4 is 29.3 Å². The van der Waals surface area contributed by atoms with Crippen LogP contribution >= 0.6 is 0 Å². The van der Waals surface area contributed by atoms with Crippen LogP contribution in [0.1, 0.15) is 64.8 Å². The number of amides is 1. The van der Waals surface area contributed by atoms with Crippen molar-refractivity contribution in [1.29, 1.82) is 0 Å². The van der Waals surface area contributed by atoms with Gasteiger partial charge < -0.3 is 20.5 Å². The SMILES string of the molecule is COC(=O)c1ccc(-c2nc3cc(C(=O)NC(CC(=O)O)C4CCCCC4)ccn3c2NCc2ccccc2)cc1. The summed E-state index contributed by atoms with van der Waals surface area (Å²) in [5.41, 5.74) is 3.97. The molecule has 1 aliphatic rings. The summed E-state index contributed by atoms with van der Waals surface area (Å²) in [4.78, 5) is 41.7. The first-order chi connectivity index (χ1) is 19.9. The van der Waals surface area contributed by atoms with E-state index in [1.165, 1.54) is 7.11 Å². The summed E-state index contributed by atoms with van der Waals surface area (Å²) in [5.74, 6) is -0.740. The third-order valence-electron chi connectivity index (χ3n) is 7.70. The van der Waals surface area contributed by atoms with Crippen LogP contribution in [0.4, 0.5) is 5.82 Å². The molecule has 0 bridgehead atoms. The number of pyridine rings is 1. The van der Waals surface area contributed by atoms with Crippen molar-refractivity contribution in [2.24, 2.45) is 5.92 Å². The van der Waals surface area contributed by atoms with Crippen LogP contribution in [0.15, 0.2) is 72.9 Å². The molecule has 0 radical (unpaired) electrons. The maximum Gasteiger partial charge on any atom is 0.337 e. The van der Waals surface area contributed by atoms with Gasteiger partial charge in [0, 0.05) is 29.9 Å². The quantitative estimate of drug-likeness (QED) is 0.220. The topological polar surface area (TPSA) is 122 Å². The molecule has 2 heterocycles. The second-order valence-electron chi connectivity index (χ2n) is 10.4. The number of hydrogen-bond donors (Lipinski definition) is 3. The molecule has 5 rings (SSSR count). The van der Waals surface area contributed by atoms with Crippen molar-refractivity contribution in [3.05, 3.63) is 89.6 Å². The second kappa shape index (κ2) is 12.7. The molecule has 1 unspecified atom stereocenters. The van der Waals surface area contributed by atoms with Gasteiger partial charge in [-0.15, -0.1) is 0 Å². The normalized spacial score (nSPS) is 14.4. The fourth-order valence-electron chi connectivity index (χ4n) is 5.53. The van der Waals surface area contributed by atoms with Gasteiger partial charge in [0.25, 0.3) is 5.91 Å². The molecule has 1 amide bonds. The third kappa shape index (κ3) is 6.57. The van der Waals surface area contributed by atoms with E-state index in [0.717, 1.165) is 49.0 Å². The highest BCUT2D eigenvalue weighted by molar-refractivity contribution is 5.96. The predicted molar refractivity (Wildman–Crippen MR) is 156 cm³/mol. The molecule has 1 saturated carbocycles. The number of carboxylic acid groups (broad SMARTS) is 1. The number of carbonyl (C=O) groups excluding carboxylic acids is 2. The first kappa shape index (κ1) is 27.9. The number of methoxy groups -OCH3 is 1. The molecule has 0 saturated heterocycles. The van der Waals surface area contributed by atoms with E-state index >= 15 is 0 Å². The zero-order chi connectivity index (χ0) is 28.8. The van der Waals surface area contributed by atoms with Gasteiger partial charge in [-0.1, -0.05) is 61.7 Å². The van der Waals surface area contributed by atoms with Gasteiger partial charge in [0.1, 0.15) is 17.2 Å². The van der Waals surface area contributed by atoms with Crippen molar-refractivity contribution in [3.8, 4) is 11.3 Å². The number of carbonyl (C=O) groups is 3. The number of anilines is 1. The summed E-state index contributed by atoms with van der Waals surface area (Å²) in [6.07, 6.45) is 6.80. The number of nitrogens with one attached hydrogen (secondary N) is 2. The summed E-state index contributed by atoms with van der Waals surface area (Å²) >= 11 is 0. The minimum Gasteiger partial charge on any atom is -0.481 e. The van der Waals surface area contributed by atoms with Gasteiger partial charge in [-0.2, -0.15) is 0 Å². The van der Waals surface area contributed by atoms with Crippen LogP contribution in [0, 0.1) is 5.92 Å². The van der Waals surface area contributed by atoms with E-state index < -0.39 is 18.0 Å². The molecule has 41 heavy (non-hydrogen) atoms. The highest BCUT2D eigenvalue weighted by Gasteiger charge is 2.28. The van der Waals surface area contributed by atoms with E-state index in [0.29, 0.717) is 29.0 Å². The van der Waals surface area contributed by atoms with E-state index in [9.17, 15) is 19.5 Å². The average molecular weight is 555 g/mol. The lowest BCUT2D eigenvalue weighted by molar-refractivity contribution is -0.137. The Morgan fingerprint density at radius 3 is 2.41 bits per heavy atom. The Labute approximate surface area is 238 Å². The summed E-state index contributed by atoms with van der Waals surface area (Å²) in [6.45, 7) is 0.558. The number of aliphatic carboxylic acids is 1. The van der Waals surface area contributed by atoms with Crippen LogP contribution in [0.3, 0.4) is 0 Å². The standard InChI is InChI=1S/C32H34N4O5/c1-41-32(40)24-14-12-23(13-15-24)29-30(33-20-21-8-4-2-5-9-21)36-17-16-25(18-27(36)35-29)31(39)34-26(19-28(37)38)22-10-6-3-7-11-22/h2,4-5,8-9,12-18,22,26,33H,3,6-7,10-11,19-20H2,1H3,(H,34,39)(H,37,38). The van der Waals surface area contributed by atoms with Gasteiger partial charge in [0.05, 0.1) is 19.1 Å². The maximum absolute atomic E-state index is 13.3. The van der Waals surface area contributed by atoms with Gasteiger partial charge in [-0.05, 0) is 48.6 Å². The third-order valence-corrected chi connectivity index (χ3v) is 7.70. The van der Waals surface area contributed by atoms with Crippen LogP contribution in [0.25, 0.3) is 16.9 Å². The summed E-state index contributed by atoms with van der Waals surface area (Å²) in [5, 5.41) is 16.0. The number of benzene rings is 2. The number of fused-ring (bicyclic) bond motifs is 1. The molecule has 0 aliphatic heterocycles. The van der Waals surface area contributed by atoms with E-state index in [2.05, 4.69) is 10.6 Å². The lowest BCUT2D eigenvalue weighted by Gasteiger charge is -2.30. The fourth-order valence-corrected chi connectivity index (χ4v) is 5.53. The van der Waals surface area contributed by atoms with Crippen LogP contribution in [-0.2, 0) is 16.1 Å². The lowest BCUT2D eigenvalue weighted by Crippen LogP contribution is -2.42. The van der Waals surface area contributed by atoms with Crippen molar-refractivity contribution in [3.63, 3.8) is 0 Å². The first-order valence-electron chi connectivity index (χ1n) is 13.9. The largest absolute Gasteiger partial charge is 0.481 e. The van der Waals surface area contributed by atoms with Crippen molar-refractivity contribution in [1.82, 2.24) is 14.7 Å². The van der Waals surface area contributed by atoms with E-state index in [-0.39, 0.29) is 18.2 Å². The van der Waals surface area contributed by atoms with Gasteiger partial charge in [-0.25, -0.2) is 9.78 Å². The second-order valence-corrected chi connectivity index (χ2v) is 10.4. The number of rotatable bonds is 10. The Morgan fingerprint density at radius 1 is 1.00 bits per heavy atom. The smallest absolute Gasteiger partial charge is 0.337 e. The zero-order valence-electron chi connectivity index (χ0n) is 23.0. The monoisotopic (exact) mass is 554 g/mol. The predicted octanol–water partition coefficient (Wildman–Crippen LogP) is 5.55. The molecule has 3 N–H and O–H groups in total. The van der Waals surface area contributed by atoms with Crippen LogP contribution < -0.4 is 10.6 Å². The molecule has 9 nitrogen and oxygen atoms in total. The average Bonchev–Trinajstić information content (AvgIpc) is 3.37. The van der Waals surface area contributed by atoms with Crippen molar-refractivity contribution in [2.45, 2.75) is 51.1 Å². The Bertz CT molecular complexity index is 1530. The summed E-state index contributed by atoms with van der Waals surface area (Å²) in [7, 11) is 1.34. The number of imidazole rings is 1.